The van der Waals surface area contributed by atoms with Gasteiger partial charge in [0, 0.05) is 26.6 Å². The number of amides is 1. The first-order chi connectivity index (χ1) is 13.0. The van der Waals surface area contributed by atoms with Crippen LogP contribution in [0.1, 0.15) is 30.3 Å². The summed E-state index contributed by atoms with van der Waals surface area (Å²) in [6, 6.07) is 8.24. The van der Waals surface area contributed by atoms with Crippen molar-refractivity contribution in [3.63, 3.8) is 0 Å². The van der Waals surface area contributed by atoms with Crippen LogP contribution in [0.4, 0.5) is 5.69 Å². The number of benzene rings is 1. The summed E-state index contributed by atoms with van der Waals surface area (Å²) in [7, 11) is 3.96. The smallest absolute Gasteiger partial charge is 0.238 e. The molecule has 1 saturated heterocycles. The van der Waals surface area contributed by atoms with Gasteiger partial charge in [0.1, 0.15) is 5.82 Å². The van der Waals surface area contributed by atoms with Crippen molar-refractivity contribution in [2.75, 3.05) is 25.0 Å². The Morgan fingerprint density at radius 1 is 1.30 bits per heavy atom. The van der Waals surface area contributed by atoms with E-state index in [2.05, 4.69) is 39.1 Å². The Kier molecular flexibility index (Phi) is 4.70. The summed E-state index contributed by atoms with van der Waals surface area (Å²) in [5.74, 6) is 1.48. The minimum absolute atomic E-state index is 0.0109. The summed E-state index contributed by atoms with van der Waals surface area (Å²) in [6.45, 7) is 4.15. The van der Waals surface area contributed by atoms with Crippen molar-refractivity contribution in [1.29, 1.82) is 0 Å². The highest BCUT2D eigenvalue weighted by Gasteiger charge is 2.26. The molecule has 7 heteroatoms. The second kappa shape index (κ2) is 7.15. The minimum atomic E-state index is 0.0109. The van der Waals surface area contributed by atoms with Crippen molar-refractivity contribution in [3.8, 4) is 0 Å². The maximum absolute atomic E-state index is 12.5. The number of para-hydroxylation sites is 2. The average Bonchev–Trinajstić information content (AvgIpc) is 3.16. The van der Waals surface area contributed by atoms with E-state index in [1.54, 1.807) is 10.9 Å². The highest BCUT2D eigenvalue weighted by molar-refractivity contribution is 5.92. The monoisotopic (exact) mass is 366 g/mol. The number of rotatable bonds is 4. The number of piperidine rings is 1. The zero-order valence-corrected chi connectivity index (χ0v) is 16.1. The third kappa shape index (κ3) is 3.47. The van der Waals surface area contributed by atoms with Gasteiger partial charge < -0.3 is 9.88 Å². The molecule has 1 fully saturated rings. The van der Waals surface area contributed by atoms with Gasteiger partial charge in [-0.3, -0.25) is 14.4 Å². The summed E-state index contributed by atoms with van der Waals surface area (Å²) in [4.78, 5) is 19.6. The molecule has 1 aromatic carbocycles. The highest BCUT2D eigenvalue weighted by atomic mass is 16.2. The molecule has 0 unspecified atom stereocenters. The number of carbonyl (C=O) groups is 1. The van der Waals surface area contributed by atoms with Gasteiger partial charge in [0.2, 0.25) is 5.91 Å². The van der Waals surface area contributed by atoms with Crippen molar-refractivity contribution in [1.82, 2.24) is 24.2 Å². The van der Waals surface area contributed by atoms with Crippen molar-refractivity contribution in [2.24, 2.45) is 14.1 Å². The third-order valence-corrected chi connectivity index (χ3v) is 5.57. The van der Waals surface area contributed by atoms with Crippen LogP contribution in [-0.2, 0) is 18.9 Å². The standard InChI is InChI=1S/C20H26N6O/c1-14-17(11-21-25(14)3)22-19(27)13-26-10-6-7-15(12-26)20-23-16-8-4-5-9-18(16)24(20)2/h4-5,8-9,11,15H,6-7,10,12-13H2,1-3H3,(H,22,27)/t15-/m0/s1. The maximum Gasteiger partial charge on any atom is 0.238 e. The molecule has 1 amide bonds. The SMILES string of the molecule is Cc1c(NC(=O)CN2CCC[C@H](c3nc4ccccc4n3C)C2)cnn1C. The van der Waals surface area contributed by atoms with Gasteiger partial charge in [-0.2, -0.15) is 5.10 Å². The molecule has 7 nitrogen and oxygen atoms in total. The molecular formula is C20H26N6O. The fraction of sp³-hybridized carbons (Fsp3) is 0.450. The molecule has 0 bridgehead atoms. The Morgan fingerprint density at radius 3 is 2.85 bits per heavy atom. The van der Waals surface area contributed by atoms with Gasteiger partial charge in [-0.05, 0) is 38.4 Å². The summed E-state index contributed by atoms with van der Waals surface area (Å²) in [6.07, 6.45) is 3.88. The molecule has 1 N–H and O–H groups in total. The van der Waals surface area contributed by atoms with Crippen molar-refractivity contribution >= 4 is 22.6 Å². The first-order valence-corrected chi connectivity index (χ1v) is 9.45. The number of carbonyl (C=O) groups excluding carboxylic acids is 1. The molecule has 0 radical (unpaired) electrons. The predicted molar refractivity (Wildman–Crippen MR) is 106 cm³/mol. The number of hydrogen-bond acceptors (Lipinski definition) is 4. The number of imidazole rings is 1. The maximum atomic E-state index is 12.5. The fourth-order valence-electron chi connectivity index (χ4n) is 3.95. The summed E-state index contributed by atoms with van der Waals surface area (Å²) < 4.78 is 3.96. The number of aromatic nitrogens is 4. The summed E-state index contributed by atoms with van der Waals surface area (Å²) in [5, 5.41) is 7.16. The third-order valence-electron chi connectivity index (χ3n) is 5.57. The van der Waals surface area contributed by atoms with Gasteiger partial charge in [-0.1, -0.05) is 12.1 Å². The Bertz CT molecular complexity index is 972. The Morgan fingerprint density at radius 2 is 2.11 bits per heavy atom. The average molecular weight is 366 g/mol. The lowest BCUT2D eigenvalue weighted by Crippen LogP contribution is -2.40. The molecule has 3 aromatic rings. The molecule has 0 aliphatic carbocycles. The number of hydrogen-bond donors (Lipinski definition) is 1. The first kappa shape index (κ1) is 17.7. The van der Waals surface area contributed by atoms with Gasteiger partial charge >= 0.3 is 0 Å². The molecular weight excluding hydrogens is 340 g/mol. The number of nitrogens with one attached hydrogen (secondary N) is 1. The van der Waals surface area contributed by atoms with E-state index in [0.29, 0.717) is 12.5 Å². The lowest BCUT2D eigenvalue weighted by Gasteiger charge is -2.31. The van der Waals surface area contributed by atoms with Crippen LogP contribution in [0.25, 0.3) is 11.0 Å². The van der Waals surface area contributed by atoms with E-state index >= 15 is 0 Å². The Hall–Kier alpha value is -2.67. The summed E-state index contributed by atoms with van der Waals surface area (Å²) >= 11 is 0. The van der Waals surface area contributed by atoms with Crippen LogP contribution in [0, 0.1) is 6.92 Å². The topological polar surface area (TPSA) is 68.0 Å². The van der Waals surface area contributed by atoms with E-state index in [4.69, 9.17) is 4.98 Å². The minimum Gasteiger partial charge on any atom is -0.331 e. The quantitative estimate of drug-likeness (QED) is 0.770. The van der Waals surface area contributed by atoms with Gasteiger partial charge in [0.15, 0.2) is 0 Å². The second-order valence-corrected chi connectivity index (χ2v) is 7.41. The van der Waals surface area contributed by atoms with Crippen LogP contribution < -0.4 is 5.32 Å². The molecule has 1 aliphatic heterocycles. The zero-order valence-electron chi connectivity index (χ0n) is 16.1. The molecule has 4 rings (SSSR count). The number of anilines is 1. The number of aryl methyl sites for hydroxylation is 2. The molecule has 1 atom stereocenters. The molecule has 1 aliphatic rings. The van der Waals surface area contributed by atoms with E-state index in [1.165, 1.54) is 0 Å². The van der Waals surface area contributed by atoms with Crippen LogP contribution in [0.3, 0.4) is 0 Å². The second-order valence-electron chi connectivity index (χ2n) is 7.41. The normalized spacial score (nSPS) is 18.1. The van der Waals surface area contributed by atoms with Gasteiger partial charge in [0.25, 0.3) is 0 Å². The number of nitrogens with zero attached hydrogens (tertiary/aromatic N) is 5. The van der Waals surface area contributed by atoms with E-state index in [0.717, 1.165) is 54.2 Å². The molecule has 142 valence electrons. The van der Waals surface area contributed by atoms with Gasteiger partial charge in [-0.25, -0.2) is 4.98 Å². The van der Waals surface area contributed by atoms with Gasteiger partial charge in [-0.15, -0.1) is 0 Å². The van der Waals surface area contributed by atoms with Crippen LogP contribution in [0.15, 0.2) is 30.5 Å². The van der Waals surface area contributed by atoms with Crippen LogP contribution >= 0.6 is 0 Å². The van der Waals surface area contributed by atoms with Crippen LogP contribution in [0.2, 0.25) is 0 Å². The van der Waals surface area contributed by atoms with Crippen molar-refractivity contribution < 1.29 is 4.79 Å². The predicted octanol–water partition coefficient (Wildman–Crippen LogP) is 2.43. The molecule has 0 saturated carbocycles. The molecule has 2 aromatic heterocycles. The number of likely N-dealkylation sites (tertiary alicyclic amines) is 1. The molecule has 27 heavy (non-hydrogen) atoms. The number of fused-ring (bicyclic) bond motifs is 1. The lowest BCUT2D eigenvalue weighted by molar-refractivity contribution is -0.117. The van der Waals surface area contributed by atoms with E-state index in [1.807, 2.05) is 26.1 Å². The Balaban J connectivity index is 1.44. The summed E-state index contributed by atoms with van der Waals surface area (Å²) in [5.41, 5.74) is 3.94. The van der Waals surface area contributed by atoms with Crippen molar-refractivity contribution in [2.45, 2.75) is 25.7 Å². The van der Waals surface area contributed by atoms with E-state index in [9.17, 15) is 4.79 Å². The lowest BCUT2D eigenvalue weighted by atomic mass is 9.97. The van der Waals surface area contributed by atoms with Crippen molar-refractivity contribution in [3.05, 3.63) is 42.0 Å². The first-order valence-electron chi connectivity index (χ1n) is 9.45. The zero-order chi connectivity index (χ0) is 19.0. The molecule has 3 heterocycles. The van der Waals surface area contributed by atoms with Crippen LogP contribution in [-0.4, -0.2) is 49.8 Å². The highest BCUT2D eigenvalue weighted by Crippen LogP contribution is 2.28. The van der Waals surface area contributed by atoms with E-state index < -0.39 is 0 Å². The van der Waals surface area contributed by atoms with Gasteiger partial charge in [0.05, 0.1) is 35.2 Å². The van der Waals surface area contributed by atoms with E-state index in [-0.39, 0.29) is 5.91 Å². The molecule has 0 spiro atoms. The van der Waals surface area contributed by atoms with Crippen LogP contribution in [0.5, 0.6) is 0 Å². The Labute approximate surface area is 159 Å². The fourth-order valence-corrected chi connectivity index (χ4v) is 3.95. The largest absolute Gasteiger partial charge is 0.331 e.